The van der Waals surface area contributed by atoms with Crippen molar-refractivity contribution in [1.82, 2.24) is 14.8 Å². The molecule has 0 aliphatic rings. The lowest BCUT2D eigenvalue weighted by atomic mass is 10.3. The van der Waals surface area contributed by atoms with Gasteiger partial charge in [-0.2, -0.15) is 5.10 Å². The molecule has 0 atom stereocenters. The molecule has 4 nitrogen and oxygen atoms in total. The van der Waals surface area contributed by atoms with Crippen LogP contribution >= 0.6 is 0 Å². The van der Waals surface area contributed by atoms with E-state index in [9.17, 15) is 4.39 Å². The Morgan fingerprint density at radius 2 is 2.22 bits per heavy atom. The summed E-state index contributed by atoms with van der Waals surface area (Å²) >= 11 is 0. The average Bonchev–Trinajstić information content (AvgIpc) is 2.65. The maximum absolute atomic E-state index is 13.3. The third-order valence-corrected chi connectivity index (χ3v) is 2.74. The Balaban J connectivity index is 1.80. The van der Waals surface area contributed by atoms with Crippen molar-refractivity contribution >= 4 is 5.69 Å². The Bertz CT molecular complexity index is 521. The second kappa shape index (κ2) is 5.62. The number of aromatic nitrogens is 3. The maximum Gasteiger partial charge on any atom is 0.164 e. The van der Waals surface area contributed by atoms with Crippen LogP contribution in [0.2, 0.25) is 0 Å². The van der Waals surface area contributed by atoms with Crippen LogP contribution < -0.4 is 5.32 Å². The number of hydrogen-bond acceptors (Lipinski definition) is 3. The summed E-state index contributed by atoms with van der Waals surface area (Å²) in [6.45, 7) is 5.56. The van der Waals surface area contributed by atoms with Crippen LogP contribution in [0, 0.1) is 19.7 Å². The zero-order valence-electron chi connectivity index (χ0n) is 10.7. The molecule has 0 aliphatic carbocycles. The van der Waals surface area contributed by atoms with Crippen LogP contribution in [0.25, 0.3) is 0 Å². The molecule has 0 saturated heterocycles. The van der Waals surface area contributed by atoms with Crippen molar-refractivity contribution in [2.75, 3.05) is 11.9 Å². The molecule has 1 N–H and O–H groups in total. The predicted molar refractivity (Wildman–Crippen MR) is 69.0 cm³/mol. The van der Waals surface area contributed by atoms with Crippen molar-refractivity contribution < 1.29 is 4.39 Å². The van der Waals surface area contributed by atoms with E-state index in [-0.39, 0.29) is 5.82 Å². The van der Waals surface area contributed by atoms with Crippen molar-refractivity contribution in [3.05, 3.63) is 41.7 Å². The lowest BCUT2D eigenvalue weighted by Crippen LogP contribution is -2.09. The highest BCUT2D eigenvalue weighted by Gasteiger charge is 2.02. The summed E-state index contributed by atoms with van der Waals surface area (Å²) in [7, 11) is 0. The third kappa shape index (κ3) is 3.06. The van der Waals surface area contributed by atoms with E-state index in [1.807, 2.05) is 18.5 Å². The van der Waals surface area contributed by atoms with Gasteiger partial charge >= 0.3 is 0 Å². The van der Waals surface area contributed by atoms with Crippen LogP contribution in [0.1, 0.15) is 17.8 Å². The van der Waals surface area contributed by atoms with Crippen molar-refractivity contribution in [3.63, 3.8) is 0 Å². The fourth-order valence-corrected chi connectivity index (χ4v) is 1.87. The van der Waals surface area contributed by atoms with Crippen molar-refractivity contribution in [2.45, 2.75) is 26.8 Å². The van der Waals surface area contributed by atoms with E-state index in [4.69, 9.17) is 0 Å². The topological polar surface area (TPSA) is 42.7 Å². The van der Waals surface area contributed by atoms with Gasteiger partial charge in [-0.25, -0.2) is 4.39 Å². The van der Waals surface area contributed by atoms with Gasteiger partial charge in [-0.1, -0.05) is 0 Å². The molecule has 0 saturated carbocycles. The van der Waals surface area contributed by atoms with E-state index in [2.05, 4.69) is 21.5 Å². The molecule has 0 aliphatic heterocycles. The van der Waals surface area contributed by atoms with E-state index >= 15 is 0 Å². The maximum atomic E-state index is 13.3. The number of rotatable bonds is 5. The van der Waals surface area contributed by atoms with Crippen LogP contribution in [-0.2, 0) is 6.54 Å². The summed E-state index contributed by atoms with van der Waals surface area (Å²) in [6, 6.07) is 3.69. The first-order chi connectivity index (χ1) is 8.66. The van der Waals surface area contributed by atoms with Gasteiger partial charge < -0.3 is 5.32 Å². The van der Waals surface area contributed by atoms with E-state index in [1.165, 1.54) is 6.20 Å². The first kappa shape index (κ1) is 12.5. The lowest BCUT2D eigenvalue weighted by molar-refractivity contribution is 0.571. The fraction of sp³-hybridized carbons (Fsp3) is 0.385. The number of anilines is 1. The summed E-state index contributed by atoms with van der Waals surface area (Å²) in [6.07, 6.45) is 3.68. The summed E-state index contributed by atoms with van der Waals surface area (Å²) in [5, 5.41) is 7.43. The van der Waals surface area contributed by atoms with Crippen LogP contribution in [0.15, 0.2) is 24.5 Å². The largest absolute Gasteiger partial charge is 0.383 e. The molecule has 2 aromatic heterocycles. The standard InChI is InChI=1S/C13H17FN4/c1-10-8-11(2)18(17-10)7-3-5-16-13-4-6-15-9-12(13)14/h4,6,8-9H,3,5,7H2,1-2H3,(H,15,16). The van der Waals surface area contributed by atoms with Gasteiger partial charge in [0.05, 0.1) is 17.6 Å². The number of hydrogen-bond donors (Lipinski definition) is 1. The smallest absolute Gasteiger partial charge is 0.164 e. The molecular weight excluding hydrogens is 231 g/mol. The third-order valence-electron chi connectivity index (χ3n) is 2.74. The zero-order valence-corrected chi connectivity index (χ0v) is 10.7. The normalized spacial score (nSPS) is 10.6. The summed E-state index contributed by atoms with van der Waals surface area (Å²) in [5.41, 5.74) is 2.68. The molecule has 0 radical (unpaired) electrons. The van der Waals surface area contributed by atoms with Gasteiger partial charge in [-0.3, -0.25) is 9.67 Å². The molecule has 0 unspecified atom stereocenters. The van der Waals surface area contributed by atoms with Crippen LogP contribution in [0.5, 0.6) is 0 Å². The SMILES string of the molecule is Cc1cc(C)n(CCCNc2ccncc2F)n1. The predicted octanol–water partition coefficient (Wildman–Crippen LogP) is 2.54. The molecule has 5 heteroatoms. The summed E-state index contributed by atoms with van der Waals surface area (Å²) < 4.78 is 15.2. The lowest BCUT2D eigenvalue weighted by Gasteiger charge is -2.08. The Kier molecular flexibility index (Phi) is 3.92. The first-order valence-corrected chi connectivity index (χ1v) is 6.01. The molecule has 0 spiro atoms. The number of nitrogens with zero attached hydrogens (tertiary/aromatic N) is 3. The Morgan fingerprint density at radius 1 is 1.39 bits per heavy atom. The quantitative estimate of drug-likeness (QED) is 0.827. The molecule has 18 heavy (non-hydrogen) atoms. The Morgan fingerprint density at radius 3 is 2.89 bits per heavy atom. The molecule has 2 aromatic rings. The molecule has 0 amide bonds. The number of pyridine rings is 1. The summed E-state index contributed by atoms with van der Waals surface area (Å²) in [4.78, 5) is 3.71. The van der Waals surface area contributed by atoms with Crippen molar-refractivity contribution in [2.24, 2.45) is 0 Å². The van der Waals surface area contributed by atoms with Crippen molar-refractivity contribution in [3.8, 4) is 0 Å². The second-order valence-corrected chi connectivity index (χ2v) is 4.29. The highest BCUT2D eigenvalue weighted by molar-refractivity contribution is 5.42. The molecule has 2 rings (SSSR count). The number of aryl methyl sites for hydroxylation is 3. The van der Waals surface area contributed by atoms with E-state index < -0.39 is 0 Å². The number of nitrogens with one attached hydrogen (secondary N) is 1. The molecule has 2 heterocycles. The van der Waals surface area contributed by atoms with Gasteiger partial charge in [0, 0.05) is 25.0 Å². The van der Waals surface area contributed by atoms with E-state index in [0.29, 0.717) is 12.2 Å². The first-order valence-electron chi connectivity index (χ1n) is 6.01. The van der Waals surface area contributed by atoms with Gasteiger partial charge in [0.1, 0.15) is 0 Å². The Labute approximate surface area is 106 Å². The van der Waals surface area contributed by atoms with Crippen LogP contribution in [-0.4, -0.2) is 21.3 Å². The van der Waals surface area contributed by atoms with Gasteiger partial charge in [0.2, 0.25) is 0 Å². The van der Waals surface area contributed by atoms with Crippen LogP contribution in [0.3, 0.4) is 0 Å². The van der Waals surface area contributed by atoms with E-state index in [0.717, 1.165) is 24.4 Å². The van der Waals surface area contributed by atoms with Crippen molar-refractivity contribution in [1.29, 1.82) is 0 Å². The minimum Gasteiger partial charge on any atom is -0.383 e. The highest BCUT2D eigenvalue weighted by atomic mass is 19.1. The molecule has 96 valence electrons. The highest BCUT2D eigenvalue weighted by Crippen LogP contribution is 2.10. The minimum atomic E-state index is -0.316. The van der Waals surface area contributed by atoms with E-state index in [1.54, 1.807) is 12.3 Å². The monoisotopic (exact) mass is 248 g/mol. The molecule has 0 fully saturated rings. The zero-order chi connectivity index (χ0) is 13.0. The fourth-order valence-electron chi connectivity index (χ4n) is 1.87. The number of halogens is 1. The van der Waals surface area contributed by atoms with Gasteiger partial charge in [0.25, 0.3) is 0 Å². The molecule has 0 aromatic carbocycles. The van der Waals surface area contributed by atoms with Gasteiger partial charge in [0.15, 0.2) is 5.82 Å². The van der Waals surface area contributed by atoms with Crippen LogP contribution in [0.4, 0.5) is 10.1 Å². The average molecular weight is 248 g/mol. The van der Waals surface area contributed by atoms with Gasteiger partial charge in [-0.15, -0.1) is 0 Å². The summed E-state index contributed by atoms with van der Waals surface area (Å²) in [5.74, 6) is -0.316. The minimum absolute atomic E-state index is 0.316. The van der Waals surface area contributed by atoms with Gasteiger partial charge in [-0.05, 0) is 32.4 Å². The molecule has 0 bridgehead atoms. The second-order valence-electron chi connectivity index (χ2n) is 4.29. The molecular formula is C13H17FN4. The Hall–Kier alpha value is -1.91.